The average molecular weight is 310 g/mol. The smallest absolute Gasteiger partial charge is 0.257 e. The highest BCUT2D eigenvalue weighted by Gasteiger charge is 2.24. The standard InChI is InChI=1S/C17H12ClN3O/c18-11-1-3-16-13(8-11)14(17(22)21-16)9-20-12-2-4-15-10(7-12)5-6-19-15/h1-9,19-20H,(H,21,22)/b14-9-. The molecule has 1 aliphatic heterocycles. The third kappa shape index (κ3) is 2.14. The number of carbonyl (C=O) groups is 1. The van der Waals surface area contributed by atoms with Crippen molar-refractivity contribution in [2.75, 3.05) is 10.6 Å². The van der Waals surface area contributed by atoms with Gasteiger partial charge >= 0.3 is 0 Å². The highest BCUT2D eigenvalue weighted by atomic mass is 35.5. The second-order valence-electron chi connectivity index (χ2n) is 5.13. The summed E-state index contributed by atoms with van der Waals surface area (Å²) in [5.74, 6) is -0.132. The number of benzene rings is 2. The van der Waals surface area contributed by atoms with Crippen LogP contribution in [0.5, 0.6) is 0 Å². The van der Waals surface area contributed by atoms with Gasteiger partial charge in [0.2, 0.25) is 0 Å². The number of hydrogen-bond acceptors (Lipinski definition) is 2. The molecule has 5 heteroatoms. The van der Waals surface area contributed by atoms with Crippen LogP contribution in [0, 0.1) is 0 Å². The molecule has 4 rings (SSSR count). The summed E-state index contributed by atoms with van der Waals surface area (Å²) in [7, 11) is 0. The Morgan fingerprint density at radius 1 is 1.09 bits per heavy atom. The molecule has 108 valence electrons. The largest absolute Gasteiger partial charge is 0.361 e. The molecule has 2 aromatic carbocycles. The molecule has 0 fully saturated rings. The van der Waals surface area contributed by atoms with Crippen LogP contribution in [0.3, 0.4) is 0 Å². The quantitative estimate of drug-likeness (QED) is 0.621. The van der Waals surface area contributed by atoms with Crippen molar-refractivity contribution in [1.29, 1.82) is 0 Å². The molecule has 0 atom stereocenters. The summed E-state index contributed by atoms with van der Waals surface area (Å²) in [6, 6.07) is 13.3. The summed E-state index contributed by atoms with van der Waals surface area (Å²) >= 11 is 6.02. The molecule has 4 nitrogen and oxygen atoms in total. The van der Waals surface area contributed by atoms with E-state index >= 15 is 0 Å². The fourth-order valence-electron chi connectivity index (χ4n) is 2.60. The molecule has 0 bridgehead atoms. The zero-order chi connectivity index (χ0) is 15.1. The lowest BCUT2D eigenvalue weighted by Gasteiger charge is -2.03. The van der Waals surface area contributed by atoms with Gasteiger partial charge < -0.3 is 15.6 Å². The number of anilines is 2. The maximum atomic E-state index is 12.1. The van der Waals surface area contributed by atoms with Crippen LogP contribution in [0.4, 0.5) is 11.4 Å². The van der Waals surface area contributed by atoms with Gasteiger partial charge in [-0.25, -0.2) is 0 Å². The van der Waals surface area contributed by atoms with E-state index in [4.69, 9.17) is 11.6 Å². The predicted molar refractivity (Wildman–Crippen MR) is 90.0 cm³/mol. The van der Waals surface area contributed by atoms with Gasteiger partial charge in [0.1, 0.15) is 0 Å². The predicted octanol–water partition coefficient (Wildman–Crippen LogP) is 4.23. The van der Waals surface area contributed by atoms with E-state index in [1.165, 1.54) is 0 Å². The molecule has 0 saturated heterocycles. The Hall–Kier alpha value is -2.72. The number of carbonyl (C=O) groups excluding carboxylic acids is 1. The number of nitrogens with one attached hydrogen (secondary N) is 3. The minimum Gasteiger partial charge on any atom is -0.361 e. The SMILES string of the molecule is O=C1Nc2ccc(Cl)cc2/C1=C/Nc1ccc2[nH]ccc2c1. The molecular weight excluding hydrogens is 298 g/mol. The second kappa shape index (κ2) is 4.93. The summed E-state index contributed by atoms with van der Waals surface area (Å²) in [5, 5.41) is 7.73. The minimum absolute atomic E-state index is 0.132. The number of aromatic amines is 1. The number of amides is 1. The average Bonchev–Trinajstić information content (AvgIpc) is 3.08. The lowest BCUT2D eigenvalue weighted by molar-refractivity contribution is -0.110. The molecule has 3 N–H and O–H groups in total. The Kier molecular flexibility index (Phi) is 2.91. The Balaban J connectivity index is 1.68. The Morgan fingerprint density at radius 2 is 2.00 bits per heavy atom. The molecule has 1 amide bonds. The molecule has 0 spiro atoms. The van der Waals surface area contributed by atoms with E-state index in [-0.39, 0.29) is 5.91 Å². The van der Waals surface area contributed by atoms with Gasteiger partial charge in [-0.2, -0.15) is 0 Å². The van der Waals surface area contributed by atoms with E-state index in [9.17, 15) is 4.79 Å². The number of aromatic nitrogens is 1. The van der Waals surface area contributed by atoms with Gasteiger partial charge in [0, 0.05) is 45.3 Å². The monoisotopic (exact) mass is 309 g/mol. The van der Waals surface area contributed by atoms with E-state index in [2.05, 4.69) is 15.6 Å². The van der Waals surface area contributed by atoms with E-state index < -0.39 is 0 Å². The number of rotatable bonds is 2. The summed E-state index contributed by atoms with van der Waals surface area (Å²) in [6.07, 6.45) is 3.61. The van der Waals surface area contributed by atoms with Crippen molar-refractivity contribution >= 4 is 45.4 Å². The van der Waals surface area contributed by atoms with Crippen molar-refractivity contribution in [2.24, 2.45) is 0 Å². The van der Waals surface area contributed by atoms with Crippen LogP contribution in [-0.2, 0) is 4.79 Å². The fourth-order valence-corrected chi connectivity index (χ4v) is 2.77. The summed E-state index contributed by atoms with van der Waals surface area (Å²) in [6.45, 7) is 0. The summed E-state index contributed by atoms with van der Waals surface area (Å²) < 4.78 is 0. The summed E-state index contributed by atoms with van der Waals surface area (Å²) in [5.41, 5.74) is 4.17. The van der Waals surface area contributed by atoms with Gasteiger partial charge in [-0.3, -0.25) is 4.79 Å². The third-order valence-electron chi connectivity index (χ3n) is 3.70. The van der Waals surface area contributed by atoms with Crippen molar-refractivity contribution in [3.05, 3.63) is 65.4 Å². The van der Waals surface area contributed by atoms with Crippen LogP contribution in [-0.4, -0.2) is 10.9 Å². The Morgan fingerprint density at radius 3 is 2.91 bits per heavy atom. The van der Waals surface area contributed by atoms with Crippen LogP contribution in [0.1, 0.15) is 5.56 Å². The van der Waals surface area contributed by atoms with Gasteiger partial charge in [0.05, 0.1) is 5.57 Å². The molecular formula is C17H12ClN3O. The van der Waals surface area contributed by atoms with Crippen molar-refractivity contribution in [3.63, 3.8) is 0 Å². The van der Waals surface area contributed by atoms with Crippen molar-refractivity contribution < 1.29 is 4.79 Å². The molecule has 0 aliphatic carbocycles. The maximum absolute atomic E-state index is 12.1. The topological polar surface area (TPSA) is 56.9 Å². The van der Waals surface area contributed by atoms with E-state index in [1.807, 2.05) is 36.5 Å². The zero-order valence-electron chi connectivity index (χ0n) is 11.5. The molecule has 22 heavy (non-hydrogen) atoms. The first kappa shape index (κ1) is 13.0. The van der Waals surface area contributed by atoms with Crippen molar-refractivity contribution in [1.82, 2.24) is 4.98 Å². The lowest BCUT2D eigenvalue weighted by atomic mass is 10.1. The summed E-state index contributed by atoms with van der Waals surface area (Å²) in [4.78, 5) is 15.2. The molecule has 1 aliphatic rings. The molecule has 0 unspecified atom stereocenters. The van der Waals surface area contributed by atoms with Crippen molar-refractivity contribution in [2.45, 2.75) is 0 Å². The lowest BCUT2D eigenvalue weighted by Crippen LogP contribution is -2.05. The first-order valence-electron chi connectivity index (χ1n) is 6.86. The zero-order valence-corrected chi connectivity index (χ0v) is 12.2. The number of hydrogen-bond donors (Lipinski definition) is 3. The number of fused-ring (bicyclic) bond motifs is 2. The molecule has 0 saturated carbocycles. The first-order chi connectivity index (χ1) is 10.7. The van der Waals surface area contributed by atoms with Crippen LogP contribution >= 0.6 is 11.6 Å². The van der Waals surface area contributed by atoms with Crippen LogP contribution in [0.2, 0.25) is 5.02 Å². The van der Waals surface area contributed by atoms with E-state index in [0.717, 1.165) is 27.8 Å². The molecule has 2 heterocycles. The van der Waals surface area contributed by atoms with Gasteiger partial charge in [0.25, 0.3) is 5.91 Å². The van der Waals surface area contributed by atoms with Gasteiger partial charge in [-0.15, -0.1) is 0 Å². The van der Waals surface area contributed by atoms with Gasteiger partial charge in [-0.1, -0.05) is 11.6 Å². The highest BCUT2D eigenvalue weighted by Crippen LogP contribution is 2.33. The van der Waals surface area contributed by atoms with Crippen LogP contribution < -0.4 is 10.6 Å². The molecule has 1 aromatic heterocycles. The number of halogens is 1. The Bertz CT molecular complexity index is 927. The third-order valence-corrected chi connectivity index (χ3v) is 3.94. The maximum Gasteiger partial charge on any atom is 0.257 e. The van der Waals surface area contributed by atoms with Gasteiger partial charge in [0.15, 0.2) is 0 Å². The van der Waals surface area contributed by atoms with E-state index in [0.29, 0.717) is 10.6 Å². The fraction of sp³-hybridized carbons (Fsp3) is 0. The highest BCUT2D eigenvalue weighted by molar-refractivity contribution is 6.34. The normalized spacial score (nSPS) is 15.1. The molecule has 0 radical (unpaired) electrons. The van der Waals surface area contributed by atoms with Crippen LogP contribution in [0.15, 0.2) is 54.9 Å². The van der Waals surface area contributed by atoms with Crippen molar-refractivity contribution in [3.8, 4) is 0 Å². The van der Waals surface area contributed by atoms with Crippen LogP contribution in [0.25, 0.3) is 16.5 Å². The minimum atomic E-state index is -0.132. The number of H-pyrrole nitrogens is 1. The van der Waals surface area contributed by atoms with Gasteiger partial charge in [-0.05, 0) is 42.5 Å². The second-order valence-corrected chi connectivity index (χ2v) is 5.56. The Labute approximate surface area is 131 Å². The molecule has 3 aromatic rings. The first-order valence-corrected chi connectivity index (χ1v) is 7.24. The van der Waals surface area contributed by atoms with E-state index in [1.54, 1.807) is 18.3 Å².